The molecule has 0 spiro atoms. The number of hydrogen-bond acceptors (Lipinski definition) is 3. The van der Waals surface area contributed by atoms with Crippen molar-refractivity contribution in [1.82, 2.24) is 14.5 Å². The SMILES string of the molecule is CC12C=CC=CC1c1nc(-n3c4ccccc4c4c5cc(-c6cccc7ccccc67)ccc5c5c6ccccc6oc5c43)nc(-c3ccc(-c4ccccc4)cc3)c1C=C2. The molecular formula is C57H37N3O. The summed E-state index contributed by atoms with van der Waals surface area (Å²) in [7, 11) is 0. The molecule has 4 heteroatoms. The maximum Gasteiger partial charge on any atom is 0.235 e. The summed E-state index contributed by atoms with van der Waals surface area (Å²) in [4.78, 5) is 11.3. The van der Waals surface area contributed by atoms with Gasteiger partial charge in [0.15, 0.2) is 5.58 Å². The monoisotopic (exact) mass is 779 g/mol. The van der Waals surface area contributed by atoms with Crippen LogP contribution in [-0.2, 0) is 0 Å². The predicted octanol–water partition coefficient (Wildman–Crippen LogP) is 15.0. The third kappa shape index (κ3) is 5.00. The lowest BCUT2D eigenvalue weighted by Gasteiger charge is -2.36. The van der Waals surface area contributed by atoms with E-state index in [4.69, 9.17) is 14.4 Å². The van der Waals surface area contributed by atoms with E-state index in [1.54, 1.807) is 0 Å². The zero-order chi connectivity index (χ0) is 40.2. The van der Waals surface area contributed by atoms with E-state index in [9.17, 15) is 0 Å². The van der Waals surface area contributed by atoms with Gasteiger partial charge in [-0.15, -0.1) is 0 Å². The van der Waals surface area contributed by atoms with Crippen LogP contribution in [0.15, 0.2) is 199 Å². The first-order valence-electron chi connectivity index (χ1n) is 21.0. The van der Waals surface area contributed by atoms with E-state index in [1.807, 2.05) is 0 Å². The van der Waals surface area contributed by atoms with E-state index in [2.05, 4.69) is 212 Å². The van der Waals surface area contributed by atoms with Crippen molar-refractivity contribution < 1.29 is 4.42 Å². The summed E-state index contributed by atoms with van der Waals surface area (Å²) in [5.41, 5.74) is 12.2. The average Bonchev–Trinajstić information content (AvgIpc) is 3.88. The molecule has 0 saturated heterocycles. The molecule has 2 aliphatic rings. The molecule has 13 rings (SSSR count). The summed E-state index contributed by atoms with van der Waals surface area (Å²) in [6.07, 6.45) is 13.5. The van der Waals surface area contributed by atoms with Crippen molar-refractivity contribution in [2.24, 2.45) is 5.41 Å². The summed E-state index contributed by atoms with van der Waals surface area (Å²) < 4.78 is 9.29. The van der Waals surface area contributed by atoms with E-state index in [0.29, 0.717) is 5.95 Å². The molecule has 3 heterocycles. The number of furan rings is 1. The van der Waals surface area contributed by atoms with Crippen LogP contribution in [0.2, 0.25) is 0 Å². The highest BCUT2D eigenvalue weighted by Crippen LogP contribution is 2.50. The van der Waals surface area contributed by atoms with Gasteiger partial charge in [-0.2, -0.15) is 0 Å². The average molecular weight is 780 g/mol. The highest BCUT2D eigenvalue weighted by atomic mass is 16.3. The number of fused-ring (bicyclic) bond motifs is 14. The summed E-state index contributed by atoms with van der Waals surface area (Å²) >= 11 is 0. The molecule has 0 aliphatic heterocycles. The van der Waals surface area contributed by atoms with Crippen molar-refractivity contribution in [2.45, 2.75) is 12.8 Å². The van der Waals surface area contributed by atoms with Crippen LogP contribution in [0.25, 0.3) is 111 Å². The molecule has 3 aromatic heterocycles. The van der Waals surface area contributed by atoms with E-state index < -0.39 is 0 Å². The lowest BCUT2D eigenvalue weighted by Crippen LogP contribution is -2.27. The summed E-state index contributed by atoms with van der Waals surface area (Å²) in [5, 5.41) is 9.21. The third-order valence-electron chi connectivity index (χ3n) is 13.2. The fourth-order valence-electron chi connectivity index (χ4n) is 10.2. The molecule has 2 atom stereocenters. The molecule has 0 saturated carbocycles. The lowest BCUT2D eigenvalue weighted by atomic mass is 9.68. The molecule has 61 heavy (non-hydrogen) atoms. The van der Waals surface area contributed by atoms with Gasteiger partial charge in [-0.1, -0.05) is 189 Å². The number of para-hydroxylation sites is 2. The number of nitrogens with zero attached hydrogens (tertiary/aromatic N) is 3. The molecule has 8 aromatic carbocycles. The van der Waals surface area contributed by atoms with Gasteiger partial charge in [0.05, 0.1) is 16.9 Å². The van der Waals surface area contributed by atoms with Crippen LogP contribution in [0.1, 0.15) is 24.1 Å². The Bertz CT molecular complexity index is 3710. The van der Waals surface area contributed by atoms with Crippen LogP contribution < -0.4 is 0 Å². The largest absolute Gasteiger partial charge is 0.454 e. The minimum Gasteiger partial charge on any atom is -0.454 e. The van der Waals surface area contributed by atoms with Gasteiger partial charge in [0.2, 0.25) is 5.95 Å². The van der Waals surface area contributed by atoms with Gasteiger partial charge in [0.25, 0.3) is 0 Å². The Morgan fingerprint density at radius 3 is 2.16 bits per heavy atom. The van der Waals surface area contributed by atoms with E-state index in [0.717, 1.165) is 71.6 Å². The van der Waals surface area contributed by atoms with Crippen molar-refractivity contribution >= 4 is 71.4 Å². The second kappa shape index (κ2) is 12.8. The zero-order valence-electron chi connectivity index (χ0n) is 33.4. The topological polar surface area (TPSA) is 43.9 Å². The van der Waals surface area contributed by atoms with Crippen molar-refractivity contribution in [1.29, 1.82) is 0 Å². The molecule has 2 aliphatic carbocycles. The van der Waals surface area contributed by atoms with Gasteiger partial charge in [-0.25, -0.2) is 9.97 Å². The van der Waals surface area contributed by atoms with Crippen LogP contribution >= 0.6 is 0 Å². The second-order valence-corrected chi connectivity index (χ2v) is 16.7. The van der Waals surface area contributed by atoms with Gasteiger partial charge in [0, 0.05) is 44.0 Å². The normalized spacial score (nSPS) is 17.0. The highest BCUT2D eigenvalue weighted by Gasteiger charge is 2.37. The quantitative estimate of drug-likeness (QED) is 0.179. The minimum absolute atomic E-state index is 0.0324. The number of allylic oxidation sites excluding steroid dienone is 5. The molecule has 286 valence electrons. The first-order chi connectivity index (χ1) is 30.1. The second-order valence-electron chi connectivity index (χ2n) is 16.7. The lowest BCUT2D eigenvalue weighted by molar-refractivity contribution is 0.470. The summed E-state index contributed by atoms with van der Waals surface area (Å²) in [5.74, 6) is 0.656. The Kier molecular flexibility index (Phi) is 7.17. The van der Waals surface area contributed by atoms with Crippen molar-refractivity contribution in [3.8, 4) is 39.5 Å². The van der Waals surface area contributed by atoms with Gasteiger partial charge in [0.1, 0.15) is 11.1 Å². The van der Waals surface area contributed by atoms with E-state index in [-0.39, 0.29) is 11.3 Å². The van der Waals surface area contributed by atoms with E-state index in [1.165, 1.54) is 38.4 Å². The van der Waals surface area contributed by atoms with Gasteiger partial charge < -0.3 is 4.42 Å². The van der Waals surface area contributed by atoms with Crippen molar-refractivity contribution in [3.63, 3.8) is 0 Å². The van der Waals surface area contributed by atoms with Crippen LogP contribution in [0, 0.1) is 5.41 Å². The number of rotatable bonds is 4. The maximum absolute atomic E-state index is 7.01. The first-order valence-corrected chi connectivity index (χ1v) is 21.0. The summed E-state index contributed by atoms with van der Waals surface area (Å²) in [6.45, 7) is 2.30. The Balaban J connectivity index is 1.15. The van der Waals surface area contributed by atoms with Crippen molar-refractivity contribution in [3.05, 3.63) is 205 Å². The van der Waals surface area contributed by atoms with Gasteiger partial charge in [-0.3, -0.25) is 4.57 Å². The fraction of sp³-hybridized carbons (Fsp3) is 0.0526. The Hall–Kier alpha value is -7.82. The van der Waals surface area contributed by atoms with Crippen LogP contribution in [0.5, 0.6) is 0 Å². The Labute approximate surface area is 352 Å². The highest BCUT2D eigenvalue weighted by molar-refractivity contribution is 6.35. The number of aromatic nitrogens is 3. The maximum atomic E-state index is 7.01. The van der Waals surface area contributed by atoms with Crippen molar-refractivity contribution in [2.75, 3.05) is 0 Å². The Morgan fingerprint density at radius 2 is 1.28 bits per heavy atom. The number of benzene rings is 8. The fourth-order valence-corrected chi connectivity index (χ4v) is 10.2. The van der Waals surface area contributed by atoms with Gasteiger partial charge in [-0.05, 0) is 62.0 Å². The zero-order valence-corrected chi connectivity index (χ0v) is 33.4. The van der Waals surface area contributed by atoms with Crippen LogP contribution in [0.3, 0.4) is 0 Å². The Morgan fingerprint density at radius 1 is 0.557 bits per heavy atom. The van der Waals surface area contributed by atoms with Crippen LogP contribution in [0.4, 0.5) is 0 Å². The molecule has 11 aromatic rings. The van der Waals surface area contributed by atoms with E-state index >= 15 is 0 Å². The summed E-state index contributed by atoms with van der Waals surface area (Å²) in [6, 6.07) is 58.7. The van der Waals surface area contributed by atoms with Gasteiger partial charge >= 0.3 is 0 Å². The minimum atomic E-state index is -0.219. The molecular weight excluding hydrogens is 743 g/mol. The molecule has 0 N–H and O–H groups in total. The molecule has 0 radical (unpaired) electrons. The number of hydrogen-bond donors (Lipinski definition) is 0. The predicted molar refractivity (Wildman–Crippen MR) is 253 cm³/mol. The molecule has 4 nitrogen and oxygen atoms in total. The molecule has 0 bridgehead atoms. The molecule has 0 amide bonds. The molecule has 2 unspecified atom stereocenters. The first kappa shape index (κ1) is 34.1. The molecule has 0 fully saturated rings. The third-order valence-corrected chi connectivity index (χ3v) is 13.2. The smallest absolute Gasteiger partial charge is 0.235 e. The van der Waals surface area contributed by atoms with Crippen LogP contribution in [-0.4, -0.2) is 14.5 Å². The standard InChI is InChI=1S/C57H37N3O/c1-57-32-12-11-22-47(57)53-45(31-33-57)52(38-27-25-36(26-28-38)35-14-3-2-4-15-35)58-56(59-53)60-48-23-9-7-19-43(48)50-46-34-39(41-21-13-17-37-16-5-6-18-40(37)41)29-30-42(46)51-44-20-8-10-24-49(44)61-55(51)54(50)60/h2-34,47H,1H3.